The van der Waals surface area contributed by atoms with Gasteiger partial charge in [0.2, 0.25) is 11.8 Å². The third-order valence-corrected chi connectivity index (χ3v) is 10.1. The van der Waals surface area contributed by atoms with E-state index in [1.165, 1.54) is 26.4 Å². The van der Waals surface area contributed by atoms with Gasteiger partial charge >= 0.3 is 6.09 Å². The summed E-state index contributed by atoms with van der Waals surface area (Å²) in [5.74, 6) is -7.25. The zero-order valence-corrected chi connectivity index (χ0v) is 24.0. The van der Waals surface area contributed by atoms with E-state index in [1.807, 2.05) is 0 Å². The number of aromatic hydroxyl groups is 1. The number of fused-ring (bicyclic) bond motifs is 4. The lowest BCUT2D eigenvalue weighted by molar-refractivity contribution is -0.140. The molecular weight excluding hydrogens is 623 g/mol. The molecule has 39 heavy (non-hydrogen) atoms. The molecule has 0 spiro atoms. The third-order valence-electron chi connectivity index (χ3n) is 8.21. The number of halogens is 3. The summed E-state index contributed by atoms with van der Waals surface area (Å²) in [6.07, 6.45) is 0.313. The van der Waals surface area contributed by atoms with Crippen LogP contribution in [0.5, 0.6) is 17.2 Å². The monoisotopic (exact) mass is 644 g/mol. The molecule has 2 saturated heterocycles. The Morgan fingerprint density at radius 3 is 2.36 bits per heavy atom. The molecule has 2 aliphatic heterocycles. The molecule has 14 heteroatoms. The van der Waals surface area contributed by atoms with Gasteiger partial charge in [-0.05, 0) is 18.8 Å². The number of likely N-dealkylation sites (tertiary alicyclic amines) is 2. The second-order valence-corrected chi connectivity index (χ2v) is 11.5. The smallest absolute Gasteiger partial charge is 0.423 e. The lowest BCUT2D eigenvalue weighted by Gasteiger charge is -2.50. The second kappa shape index (κ2) is 9.38. The quantitative estimate of drug-likeness (QED) is 0.227. The average molecular weight is 646 g/mol. The Kier molecular flexibility index (Phi) is 6.67. The van der Waals surface area contributed by atoms with Gasteiger partial charge in [0.15, 0.2) is 9.75 Å². The zero-order chi connectivity index (χ0) is 28.6. The van der Waals surface area contributed by atoms with Crippen molar-refractivity contribution in [3.8, 4) is 17.2 Å². The van der Waals surface area contributed by atoms with Crippen LogP contribution in [0.4, 0.5) is 4.79 Å². The Bertz CT molecular complexity index is 1370. The second-order valence-electron chi connectivity index (χ2n) is 9.73. The van der Waals surface area contributed by atoms with Gasteiger partial charge in [-0.3, -0.25) is 24.1 Å². The first-order valence-electron chi connectivity index (χ1n) is 11.8. The number of phenols is 1. The molecule has 1 aromatic carbocycles. The van der Waals surface area contributed by atoms with Crippen molar-refractivity contribution in [3.63, 3.8) is 0 Å². The van der Waals surface area contributed by atoms with Gasteiger partial charge in [-0.2, -0.15) is 4.90 Å². The van der Waals surface area contributed by atoms with Gasteiger partial charge in [0, 0.05) is 23.6 Å². The van der Waals surface area contributed by atoms with Crippen LogP contribution in [0.1, 0.15) is 24.3 Å². The van der Waals surface area contributed by atoms with Gasteiger partial charge in [-0.1, -0.05) is 27.6 Å². The standard InChI is InChI=1S/C25H23BrCl2N2O9/c1-37-10-6-14(31)17(15(7-10)38-2)18-11-4-5-12-16(20(33)30(19(12)32)23(36)39-3)13(11)8-24(27)21(34)29(9-26)22(35)25(18,24)28/h4,6-7,12-13,16,18,31H,5,8-9H2,1-3H3/t12-,13+,16-,18+,24+,25-/m0/s1. The molecule has 1 aromatic rings. The van der Waals surface area contributed by atoms with Crippen molar-refractivity contribution >= 4 is 68.9 Å². The van der Waals surface area contributed by atoms with Crippen molar-refractivity contribution in [1.29, 1.82) is 0 Å². The van der Waals surface area contributed by atoms with E-state index >= 15 is 0 Å². The molecule has 0 unspecified atom stereocenters. The molecule has 208 valence electrons. The van der Waals surface area contributed by atoms with Gasteiger partial charge in [-0.25, -0.2) is 4.79 Å². The maximum absolute atomic E-state index is 13.8. The number of phenolic OH excluding ortho intramolecular Hbond substituents is 1. The van der Waals surface area contributed by atoms with E-state index in [0.717, 1.165) is 12.0 Å². The van der Waals surface area contributed by atoms with Gasteiger partial charge in [-0.15, -0.1) is 23.2 Å². The number of rotatable bonds is 4. The number of hydrogen-bond donors (Lipinski definition) is 1. The molecule has 2 heterocycles. The topological polar surface area (TPSA) is 140 Å². The van der Waals surface area contributed by atoms with Crippen LogP contribution in [0.25, 0.3) is 0 Å². The predicted octanol–water partition coefficient (Wildman–Crippen LogP) is 2.89. The van der Waals surface area contributed by atoms with Crippen molar-refractivity contribution in [2.75, 3.05) is 26.8 Å². The largest absolute Gasteiger partial charge is 0.507 e. The fourth-order valence-electron chi connectivity index (χ4n) is 6.51. The van der Waals surface area contributed by atoms with Crippen LogP contribution in [-0.2, 0) is 23.9 Å². The number of imide groups is 4. The molecule has 0 aromatic heterocycles. The molecule has 5 rings (SSSR count). The van der Waals surface area contributed by atoms with Crippen LogP contribution in [0.3, 0.4) is 0 Å². The van der Waals surface area contributed by atoms with Crippen molar-refractivity contribution in [2.24, 2.45) is 17.8 Å². The van der Waals surface area contributed by atoms with Crippen molar-refractivity contribution < 1.29 is 43.3 Å². The highest BCUT2D eigenvalue weighted by molar-refractivity contribution is 9.09. The minimum atomic E-state index is -2.14. The number of carbonyl (C=O) groups is 5. The number of ether oxygens (including phenoxy) is 3. The summed E-state index contributed by atoms with van der Waals surface area (Å²) in [4.78, 5) is 63.5. The summed E-state index contributed by atoms with van der Waals surface area (Å²) in [5.41, 5.74) is 0.286. The predicted molar refractivity (Wildman–Crippen MR) is 139 cm³/mol. The molecule has 6 atom stereocenters. The summed E-state index contributed by atoms with van der Waals surface area (Å²) in [5, 5.41) is 11.2. The molecular formula is C25H23BrCl2N2O9. The highest BCUT2D eigenvalue weighted by atomic mass is 79.9. The fourth-order valence-corrected chi connectivity index (χ4v) is 7.91. The van der Waals surface area contributed by atoms with E-state index in [1.54, 1.807) is 6.08 Å². The molecule has 2 aliphatic carbocycles. The van der Waals surface area contributed by atoms with Gasteiger partial charge in [0.25, 0.3) is 11.8 Å². The molecule has 1 saturated carbocycles. The molecule has 4 aliphatic rings. The van der Waals surface area contributed by atoms with Crippen LogP contribution in [-0.4, -0.2) is 81.2 Å². The minimum absolute atomic E-state index is 0.0385. The van der Waals surface area contributed by atoms with Crippen molar-refractivity contribution in [3.05, 3.63) is 29.3 Å². The zero-order valence-electron chi connectivity index (χ0n) is 20.9. The van der Waals surface area contributed by atoms with Crippen LogP contribution in [0, 0.1) is 17.8 Å². The first-order chi connectivity index (χ1) is 18.4. The van der Waals surface area contributed by atoms with Crippen LogP contribution >= 0.6 is 39.1 Å². The molecule has 0 radical (unpaired) electrons. The SMILES string of the molecule is COC(=O)N1C(=O)[C@H]2[C@H](CC=C3[C@H]2C[C@@]2(Cl)C(=O)N(CBr)C(=O)[C@@]2(Cl)[C@H]3c2c(O)cc(OC)cc2OC)C1=O. The highest BCUT2D eigenvalue weighted by Crippen LogP contribution is 2.67. The van der Waals surface area contributed by atoms with Crippen molar-refractivity contribution in [1.82, 2.24) is 9.80 Å². The Morgan fingerprint density at radius 2 is 1.77 bits per heavy atom. The normalized spacial score (nSPS) is 33.4. The summed E-state index contributed by atoms with van der Waals surface area (Å²) in [6, 6.07) is 2.78. The Balaban J connectivity index is 1.77. The number of alkyl halides is 3. The van der Waals surface area contributed by atoms with Gasteiger partial charge in [0.05, 0.1) is 38.6 Å². The molecule has 1 N–H and O–H groups in total. The number of nitrogens with zero attached hydrogens (tertiary/aromatic N) is 2. The summed E-state index contributed by atoms with van der Waals surface area (Å²) >= 11 is 17.4. The number of carbonyl (C=O) groups excluding carboxylic acids is 5. The number of hydrogen-bond acceptors (Lipinski definition) is 9. The summed E-state index contributed by atoms with van der Waals surface area (Å²) in [7, 11) is 3.79. The van der Waals surface area contributed by atoms with Gasteiger partial charge in [0.1, 0.15) is 17.2 Å². The number of amides is 5. The van der Waals surface area contributed by atoms with E-state index in [9.17, 15) is 29.1 Å². The van der Waals surface area contributed by atoms with Crippen LogP contribution < -0.4 is 9.47 Å². The first-order valence-corrected chi connectivity index (χ1v) is 13.7. The van der Waals surface area contributed by atoms with E-state index in [0.29, 0.717) is 10.5 Å². The van der Waals surface area contributed by atoms with E-state index in [4.69, 9.17) is 32.7 Å². The van der Waals surface area contributed by atoms with E-state index < -0.39 is 63.1 Å². The Labute approximate surface area is 241 Å². The Morgan fingerprint density at radius 1 is 1.08 bits per heavy atom. The maximum Gasteiger partial charge on any atom is 0.423 e. The number of benzene rings is 1. The first kappa shape index (κ1) is 27.7. The molecule has 3 fully saturated rings. The lowest BCUT2D eigenvalue weighted by atomic mass is 9.56. The Hall–Kier alpha value is -2.83. The lowest BCUT2D eigenvalue weighted by Crippen LogP contribution is -2.60. The molecule has 11 nitrogen and oxygen atoms in total. The van der Waals surface area contributed by atoms with Crippen LogP contribution in [0.2, 0.25) is 0 Å². The number of methoxy groups -OCH3 is 3. The molecule has 5 amide bonds. The van der Waals surface area contributed by atoms with E-state index in [2.05, 4.69) is 20.7 Å². The number of allylic oxidation sites excluding steroid dienone is 2. The fraction of sp³-hybridized carbons (Fsp3) is 0.480. The van der Waals surface area contributed by atoms with Gasteiger partial charge < -0.3 is 19.3 Å². The maximum atomic E-state index is 13.8. The summed E-state index contributed by atoms with van der Waals surface area (Å²) < 4.78 is 15.4. The van der Waals surface area contributed by atoms with Crippen molar-refractivity contribution in [2.45, 2.75) is 28.5 Å². The van der Waals surface area contributed by atoms with Crippen LogP contribution in [0.15, 0.2) is 23.8 Å². The summed E-state index contributed by atoms with van der Waals surface area (Å²) in [6.45, 7) is 0. The third kappa shape index (κ3) is 3.43. The highest BCUT2D eigenvalue weighted by Gasteiger charge is 2.77. The molecule has 0 bridgehead atoms. The van der Waals surface area contributed by atoms with E-state index in [-0.39, 0.29) is 41.1 Å². The average Bonchev–Trinajstić information content (AvgIpc) is 3.26. The minimum Gasteiger partial charge on any atom is -0.507 e.